The standard InChI is InChI=1S/C15H21BrN2O2/c1-10(11-4-6-20-7-5-11)17-15(19)14-8-12(16)9-18(14)13-2-3-13/h8-11,13H,2-7H2,1H3,(H,17,19). The second-order valence-electron chi connectivity index (χ2n) is 5.89. The normalized spacial score (nSPS) is 21.7. The van der Waals surface area contributed by atoms with Gasteiger partial charge in [0.25, 0.3) is 5.91 Å². The van der Waals surface area contributed by atoms with Crippen molar-refractivity contribution in [3.05, 3.63) is 22.4 Å². The lowest BCUT2D eigenvalue weighted by molar-refractivity contribution is 0.0537. The summed E-state index contributed by atoms with van der Waals surface area (Å²) in [6, 6.07) is 2.64. The summed E-state index contributed by atoms with van der Waals surface area (Å²) in [5.74, 6) is 0.571. The summed E-state index contributed by atoms with van der Waals surface area (Å²) in [5.41, 5.74) is 0.776. The van der Waals surface area contributed by atoms with Crippen molar-refractivity contribution in [1.82, 2.24) is 9.88 Å². The van der Waals surface area contributed by atoms with E-state index in [1.54, 1.807) is 0 Å². The summed E-state index contributed by atoms with van der Waals surface area (Å²) in [5, 5.41) is 3.17. The van der Waals surface area contributed by atoms with Gasteiger partial charge in [-0.1, -0.05) is 0 Å². The van der Waals surface area contributed by atoms with Crippen LogP contribution in [0.4, 0.5) is 0 Å². The number of nitrogens with zero attached hydrogens (tertiary/aromatic N) is 1. The molecule has 0 radical (unpaired) electrons. The minimum atomic E-state index is 0.0431. The summed E-state index contributed by atoms with van der Waals surface area (Å²) in [7, 11) is 0. The lowest BCUT2D eigenvalue weighted by Gasteiger charge is -2.28. The predicted molar refractivity (Wildman–Crippen MR) is 80.9 cm³/mol. The Labute approximate surface area is 128 Å². The Morgan fingerprint density at radius 3 is 2.75 bits per heavy atom. The van der Waals surface area contributed by atoms with Gasteiger partial charge in [-0.3, -0.25) is 4.79 Å². The first-order valence-corrected chi connectivity index (χ1v) is 8.20. The van der Waals surface area contributed by atoms with E-state index < -0.39 is 0 Å². The maximum absolute atomic E-state index is 12.5. The predicted octanol–water partition coefficient (Wildman–Crippen LogP) is 3.13. The molecule has 0 spiro atoms. The Bertz CT molecular complexity index is 490. The third kappa shape index (κ3) is 3.09. The summed E-state index contributed by atoms with van der Waals surface area (Å²) >= 11 is 3.47. The van der Waals surface area contributed by atoms with E-state index in [1.165, 1.54) is 12.8 Å². The third-order valence-corrected chi connectivity index (χ3v) is 4.75. The number of carbonyl (C=O) groups is 1. The fraction of sp³-hybridized carbons (Fsp3) is 0.667. The molecule has 2 heterocycles. The van der Waals surface area contributed by atoms with Crippen LogP contribution in [0.3, 0.4) is 0 Å². The molecule has 1 aliphatic heterocycles. The molecule has 1 aliphatic carbocycles. The smallest absolute Gasteiger partial charge is 0.268 e. The van der Waals surface area contributed by atoms with E-state index in [2.05, 4.69) is 32.7 Å². The molecule has 1 unspecified atom stereocenters. The number of carbonyl (C=O) groups excluding carboxylic acids is 1. The van der Waals surface area contributed by atoms with Crippen LogP contribution in [0, 0.1) is 5.92 Å². The minimum absolute atomic E-state index is 0.0431. The van der Waals surface area contributed by atoms with Gasteiger partial charge in [0.05, 0.1) is 0 Å². The molecule has 1 saturated heterocycles. The van der Waals surface area contributed by atoms with Crippen molar-refractivity contribution in [3.63, 3.8) is 0 Å². The van der Waals surface area contributed by atoms with Gasteiger partial charge in [-0.25, -0.2) is 0 Å². The Kier molecular flexibility index (Phi) is 4.17. The second kappa shape index (κ2) is 5.90. The fourth-order valence-electron chi connectivity index (χ4n) is 2.90. The first-order valence-electron chi connectivity index (χ1n) is 7.41. The van der Waals surface area contributed by atoms with Crippen LogP contribution in [-0.2, 0) is 4.74 Å². The number of aromatic nitrogens is 1. The summed E-state index contributed by atoms with van der Waals surface area (Å²) in [6.07, 6.45) is 6.45. The van der Waals surface area contributed by atoms with Gasteiger partial charge >= 0.3 is 0 Å². The van der Waals surface area contributed by atoms with Crippen LogP contribution in [0.2, 0.25) is 0 Å². The number of rotatable bonds is 4. The van der Waals surface area contributed by atoms with Gasteiger partial charge in [0, 0.05) is 36.0 Å². The van der Waals surface area contributed by atoms with Gasteiger partial charge in [0.15, 0.2) is 0 Å². The zero-order chi connectivity index (χ0) is 14.1. The maximum Gasteiger partial charge on any atom is 0.268 e. The first kappa shape index (κ1) is 14.1. The molecule has 110 valence electrons. The zero-order valence-electron chi connectivity index (χ0n) is 11.8. The Hall–Kier alpha value is -0.810. The summed E-state index contributed by atoms with van der Waals surface area (Å²) in [4.78, 5) is 12.5. The molecule has 3 rings (SSSR count). The maximum atomic E-state index is 12.5. The van der Waals surface area contributed by atoms with Crippen molar-refractivity contribution < 1.29 is 9.53 Å². The van der Waals surface area contributed by atoms with Crippen molar-refractivity contribution in [1.29, 1.82) is 0 Å². The molecule has 4 nitrogen and oxygen atoms in total. The molecule has 1 amide bonds. The van der Waals surface area contributed by atoms with Crippen LogP contribution < -0.4 is 5.32 Å². The van der Waals surface area contributed by atoms with Gasteiger partial charge in [-0.15, -0.1) is 0 Å². The minimum Gasteiger partial charge on any atom is -0.381 e. The van der Waals surface area contributed by atoms with Crippen LogP contribution in [-0.4, -0.2) is 29.7 Å². The van der Waals surface area contributed by atoms with Gasteiger partial charge in [0.1, 0.15) is 5.69 Å². The van der Waals surface area contributed by atoms with Gasteiger partial charge in [0.2, 0.25) is 0 Å². The van der Waals surface area contributed by atoms with E-state index in [0.717, 1.165) is 36.2 Å². The fourth-order valence-corrected chi connectivity index (χ4v) is 3.33. The van der Waals surface area contributed by atoms with E-state index in [0.29, 0.717) is 12.0 Å². The van der Waals surface area contributed by atoms with Gasteiger partial charge in [-0.2, -0.15) is 0 Å². The molecule has 1 aromatic rings. The van der Waals surface area contributed by atoms with Crippen LogP contribution in [0.25, 0.3) is 0 Å². The van der Waals surface area contributed by atoms with E-state index in [1.807, 2.05) is 12.3 Å². The van der Waals surface area contributed by atoms with E-state index in [-0.39, 0.29) is 11.9 Å². The molecule has 2 aliphatic rings. The molecule has 20 heavy (non-hydrogen) atoms. The number of hydrogen-bond donors (Lipinski definition) is 1. The molecular formula is C15H21BrN2O2. The number of hydrogen-bond acceptors (Lipinski definition) is 2. The van der Waals surface area contributed by atoms with Crippen LogP contribution >= 0.6 is 15.9 Å². The SMILES string of the molecule is CC(NC(=O)c1cc(Br)cn1C1CC1)C1CCOCC1. The highest BCUT2D eigenvalue weighted by Crippen LogP contribution is 2.37. The molecule has 1 N–H and O–H groups in total. The first-order chi connectivity index (χ1) is 9.65. The lowest BCUT2D eigenvalue weighted by atomic mass is 9.93. The highest BCUT2D eigenvalue weighted by atomic mass is 79.9. The second-order valence-corrected chi connectivity index (χ2v) is 6.81. The Balaban J connectivity index is 1.66. The average molecular weight is 341 g/mol. The molecule has 1 aromatic heterocycles. The van der Waals surface area contributed by atoms with Gasteiger partial charge in [-0.05, 0) is 60.5 Å². The van der Waals surface area contributed by atoms with Gasteiger partial charge < -0.3 is 14.6 Å². The van der Waals surface area contributed by atoms with E-state index in [4.69, 9.17) is 4.74 Å². The molecule has 1 saturated carbocycles. The topological polar surface area (TPSA) is 43.3 Å². The summed E-state index contributed by atoms with van der Waals surface area (Å²) < 4.78 is 8.47. The largest absolute Gasteiger partial charge is 0.381 e. The quantitative estimate of drug-likeness (QED) is 0.914. The highest BCUT2D eigenvalue weighted by Gasteiger charge is 2.29. The Morgan fingerprint density at radius 2 is 2.10 bits per heavy atom. The lowest BCUT2D eigenvalue weighted by Crippen LogP contribution is -2.40. The third-order valence-electron chi connectivity index (χ3n) is 4.32. The van der Waals surface area contributed by atoms with Crippen LogP contribution in [0.1, 0.15) is 49.1 Å². The zero-order valence-corrected chi connectivity index (χ0v) is 13.4. The monoisotopic (exact) mass is 340 g/mol. The van der Waals surface area contributed by atoms with E-state index >= 15 is 0 Å². The number of halogens is 1. The molecule has 5 heteroatoms. The van der Waals surface area contributed by atoms with Crippen molar-refractivity contribution in [2.24, 2.45) is 5.92 Å². The highest BCUT2D eigenvalue weighted by molar-refractivity contribution is 9.10. The van der Waals surface area contributed by atoms with Crippen molar-refractivity contribution in [2.75, 3.05) is 13.2 Å². The Morgan fingerprint density at radius 1 is 1.40 bits per heavy atom. The van der Waals surface area contributed by atoms with Crippen molar-refractivity contribution in [3.8, 4) is 0 Å². The van der Waals surface area contributed by atoms with Crippen molar-refractivity contribution >= 4 is 21.8 Å². The average Bonchev–Trinajstić information content (AvgIpc) is 3.22. The summed E-state index contributed by atoms with van der Waals surface area (Å²) in [6.45, 7) is 3.73. The number of ether oxygens (including phenoxy) is 1. The van der Waals surface area contributed by atoms with E-state index in [9.17, 15) is 4.79 Å². The molecule has 2 fully saturated rings. The number of amides is 1. The number of nitrogens with one attached hydrogen (secondary N) is 1. The molecule has 1 atom stereocenters. The molecule has 0 aromatic carbocycles. The van der Waals surface area contributed by atoms with Crippen LogP contribution in [0.15, 0.2) is 16.7 Å². The molecule has 0 bridgehead atoms. The molecular weight excluding hydrogens is 320 g/mol. The van der Waals surface area contributed by atoms with Crippen LogP contribution in [0.5, 0.6) is 0 Å². The van der Waals surface area contributed by atoms with Crippen molar-refractivity contribution in [2.45, 2.75) is 44.7 Å².